The smallest absolute Gasteiger partial charge is 0.258 e. The van der Waals surface area contributed by atoms with Crippen molar-refractivity contribution in [3.63, 3.8) is 0 Å². The number of para-hydroxylation sites is 1. The standard InChI is InChI=1S/C27H28FN3O5S/c1-18-4-3-5-19(2)26(18)29-27(32)22-15-21(7-8-23(22)28)37(33,34)31-12-10-30(11-13-31)16-20-6-9-24-25(14-20)36-17-35-24/h3-9,14-15H,10-13,16-17H2,1-2H3,(H,29,32). The lowest BCUT2D eigenvalue weighted by Gasteiger charge is -2.34. The number of halogens is 1. The third-order valence-electron chi connectivity index (χ3n) is 6.71. The molecule has 1 amide bonds. The van der Waals surface area contributed by atoms with E-state index in [1.807, 2.05) is 50.2 Å². The molecule has 0 bridgehead atoms. The fourth-order valence-corrected chi connectivity index (χ4v) is 6.05. The van der Waals surface area contributed by atoms with Crippen molar-refractivity contribution >= 4 is 21.6 Å². The number of rotatable bonds is 6. The van der Waals surface area contributed by atoms with E-state index >= 15 is 0 Å². The molecule has 3 aromatic rings. The summed E-state index contributed by atoms with van der Waals surface area (Å²) in [6, 6.07) is 14.7. The van der Waals surface area contributed by atoms with Crippen LogP contribution in [-0.2, 0) is 16.6 Å². The predicted molar refractivity (Wildman–Crippen MR) is 137 cm³/mol. The van der Waals surface area contributed by atoms with E-state index in [4.69, 9.17) is 9.47 Å². The number of ether oxygens (including phenoxy) is 2. The first-order valence-corrected chi connectivity index (χ1v) is 13.4. The first kappa shape index (κ1) is 25.2. The fourth-order valence-electron chi connectivity index (χ4n) is 4.61. The molecule has 0 unspecified atom stereocenters. The van der Waals surface area contributed by atoms with Gasteiger partial charge in [-0.15, -0.1) is 0 Å². The fraction of sp³-hybridized carbons (Fsp3) is 0.296. The van der Waals surface area contributed by atoms with E-state index in [0.717, 1.165) is 34.6 Å². The normalized spacial score (nSPS) is 16.1. The lowest BCUT2D eigenvalue weighted by molar-refractivity contribution is 0.102. The van der Waals surface area contributed by atoms with Crippen LogP contribution in [0.5, 0.6) is 11.5 Å². The molecule has 0 saturated carbocycles. The molecule has 0 aromatic heterocycles. The van der Waals surface area contributed by atoms with Gasteiger partial charge in [-0.05, 0) is 60.9 Å². The van der Waals surface area contributed by atoms with Crippen LogP contribution in [0.25, 0.3) is 0 Å². The Labute approximate surface area is 215 Å². The third kappa shape index (κ3) is 5.18. The minimum Gasteiger partial charge on any atom is -0.454 e. The molecule has 2 aliphatic heterocycles. The first-order chi connectivity index (χ1) is 17.7. The van der Waals surface area contributed by atoms with Gasteiger partial charge in [-0.25, -0.2) is 12.8 Å². The van der Waals surface area contributed by atoms with E-state index in [9.17, 15) is 17.6 Å². The lowest BCUT2D eigenvalue weighted by atomic mass is 10.1. The molecule has 10 heteroatoms. The number of piperazine rings is 1. The molecule has 0 spiro atoms. The highest BCUT2D eigenvalue weighted by Crippen LogP contribution is 2.33. The van der Waals surface area contributed by atoms with Crippen molar-refractivity contribution in [3.05, 3.63) is 82.7 Å². The second-order valence-electron chi connectivity index (χ2n) is 9.23. The molecule has 3 aromatic carbocycles. The summed E-state index contributed by atoms with van der Waals surface area (Å²) in [6.45, 7) is 6.20. The quantitative estimate of drug-likeness (QED) is 0.525. The average molecular weight is 526 g/mol. The van der Waals surface area contributed by atoms with Gasteiger partial charge in [-0.1, -0.05) is 24.3 Å². The number of sulfonamides is 1. The van der Waals surface area contributed by atoms with Crippen LogP contribution in [-0.4, -0.2) is 56.5 Å². The Morgan fingerprint density at radius 3 is 2.38 bits per heavy atom. The maximum absolute atomic E-state index is 14.6. The Balaban J connectivity index is 1.27. The van der Waals surface area contributed by atoms with E-state index in [1.54, 1.807) is 0 Å². The molecule has 2 aliphatic rings. The Hall–Kier alpha value is -3.47. The Bertz CT molecular complexity index is 1430. The van der Waals surface area contributed by atoms with Crippen LogP contribution in [0.1, 0.15) is 27.0 Å². The summed E-state index contributed by atoms with van der Waals surface area (Å²) < 4.78 is 53.5. The highest BCUT2D eigenvalue weighted by molar-refractivity contribution is 7.89. The van der Waals surface area contributed by atoms with Crippen LogP contribution < -0.4 is 14.8 Å². The zero-order valence-electron chi connectivity index (χ0n) is 20.7. The number of hydrogen-bond acceptors (Lipinski definition) is 6. The second kappa shape index (κ2) is 10.1. The van der Waals surface area contributed by atoms with E-state index in [2.05, 4.69) is 10.2 Å². The summed E-state index contributed by atoms with van der Waals surface area (Å²) in [5.41, 5.74) is 2.98. The van der Waals surface area contributed by atoms with Gasteiger partial charge in [-0.3, -0.25) is 9.69 Å². The number of fused-ring (bicyclic) bond motifs is 1. The molecule has 1 fully saturated rings. The van der Waals surface area contributed by atoms with Crippen molar-refractivity contribution in [1.29, 1.82) is 0 Å². The SMILES string of the molecule is Cc1cccc(C)c1NC(=O)c1cc(S(=O)(=O)N2CCN(Cc3ccc4c(c3)OCO4)CC2)ccc1F. The largest absolute Gasteiger partial charge is 0.454 e. The maximum Gasteiger partial charge on any atom is 0.258 e. The highest BCUT2D eigenvalue weighted by Gasteiger charge is 2.30. The lowest BCUT2D eigenvalue weighted by Crippen LogP contribution is -2.48. The number of carbonyl (C=O) groups is 1. The molecule has 1 N–H and O–H groups in total. The minimum atomic E-state index is -3.90. The van der Waals surface area contributed by atoms with E-state index in [1.165, 1.54) is 10.4 Å². The predicted octanol–water partition coefficient (Wildman–Crippen LogP) is 3.93. The summed E-state index contributed by atoms with van der Waals surface area (Å²) in [5.74, 6) is -0.0368. The van der Waals surface area contributed by atoms with Gasteiger partial charge in [0.25, 0.3) is 5.91 Å². The highest BCUT2D eigenvalue weighted by atomic mass is 32.2. The van der Waals surface area contributed by atoms with E-state index < -0.39 is 21.7 Å². The van der Waals surface area contributed by atoms with Gasteiger partial charge in [0.2, 0.25) is 16.8 Å². The zero-order chi connectivity index (χ0) is 26.2. The molecule has 0 aliphatic carbocycles. The van der Waals surface area contributed by atoms with E-state index in [-0.39, 0.29) is 30.3 Å². The van der Waals surface area contributed by atoms with Crippen LogP contribution in [0.15, 0.2) is 59.5 Å². The van der Waals surface area contributed by atoms with Gasteiger partial charge in [-0.2, -0.15) is 4.31 Å². The summed E-state index contributed by atoms with van der Waals surface area (Å²) in [5, 5.41) is 2.73. The summed E-state index contributed by atoms with van der Waals surface area (Å²) in [4.78, 5) is 15.0. The number of nitrogens with one attached hydrogen (secondary N) is 1. The van der Waals surface area contributed by atoms with Crippen molar-refractivity contribution in [2.24, 2.45) is 0 Å². The molecular formula is C27H28FN3O5S. The van der Waals surface area contributed by atoms with Gasteiger partial charge in [0.05, 0.1) is 10.5 Å². The number of aryl methyl sites for hydroxylation is 2. The Morgan fingerprint density at radius 2 is 1.65 bits per heavy atom. The summed E-state index contributed by atoms with van der Waals surface area (Å²) in [7, 11) is -3.90. The van der Waals surface area contributed by atoms with Crippen LogP contribution >= 0.6 is 0 Å². The zero-order valence-corrected chi connectivity index (χ0v) is 21.5. The van der Waals surface area contributed by atoms with Gasteiger partial charge < -0.3 is 14.8 Å². The number of benzene rings is 3. The van der Waals surface area contributed by atoms with Crippen LogP contribution in [0.4, 0.5) is 10.1 Å². The van der Waals surface area contributed by atoms with E-state index in [0.29, 0.717) is 31.1 Å². The molecule has 2 heterocycles. The summed E-state index contributed by atoms with van der Waals surface area (Å²) >= 11 is 0. The molecule has 0 radical (unpaired) electrons. The van der Waals surface area contributed by atoms with Crippen molar-refractivity contribution in [3.8, 4) is 11.5 Å². The van der Waals surface area contributed by atoms with Crippen molar-refractivity contribution in [2.75, 3.05) is 38.3 Å². The van der Waals surface area contributed by atoms with Crippen molar-refractivity contribution < 1.29 is 27.1 Å². The molecule has 8 nitrogen and oxygen atoms in total. The Kier molecular flexibility index (Phi) is 6.89. The third-order valence-corrected chi connectivity index (χ3v) is 8.61. The van der Waals surface area contributed by atoms with Gasteiger partial charge in [0, 0.05) is 38.4 Å². The van der Waals surface area contributed by atoms with Gasteiger partial charge in [0.15, 0.2) is 11.5 Å². The molecule has 37 heavy (non-hydrogen) atoms. The molecule has 5 rings (SSSR count). The first-order valence-electron chi connectivity index (χ1n) is 12.0. The number of hydrogen-bond donors (Lipinski definition) is 1. The van der Waals surface area contributed by atoms with Crippen molar-refractivity contribution in [2.45, 2.75) is 25.3 Å². The average Bonchev–Trinajstić information content (AvgIpc) is 3.35. The van der Waals surface area contributed by atoms with Crippen LogP contribution in [0, 0.1) is 19.7 Å². The van der Waals surface area contributed by atoms with Crippen LogP contribution in [0.3, 0.4) is 0 Å². The molecule has 194 valence electrons. The number of amides is 1. The maximum atomic E-state index is 14.6. The number of anilines is 1. The van der Waals surface area contributed by atoms with Crippen molar-refractivity contribution in [1.82, 2.24) is 9.21 Å². The minimum absolute atomic E-state index is 0.107. The second-order valence-corrected chi connectivity index (χ2v) is 11.2. The monoisotopic (exact) mass is 525 g/mol. The number of nitrogens with zero attached hydrogens (tertiary/aromatic N) is 2. The Morgan fingerprint density at radius 1 is 0.946 bits per heavy atom. The molecule has 1 saturated heterocycles. The van der Waals surface area contributed by atoms with Gasteiger partial charge in [0.1, 0.15) is 5.82 Å². The van der Waals surface area contributed by atoms with Gasteiger partial charge >= 0.3 is 0 Å². The molecule has 0 atom stereocenters. The number of carbonyl (C=O) groups excluding carboxylic acids is 1. The van der Waals surface area contributed by atoms with Crippen LogP contribution in [0.2, 0.25) is 0 Å². The molecular weight excluding hydrogens is 497 g/mol. The summed E-state index contributed by atoms with van der Waals surface area (Å²) in [6.07, 6.45) is 0. The topological polar surface area (TPSA) is 88.2 Å².